The second kappa shape index (κ2) is 7.63. The van der Waals surface area contributed by atoms with Crippen LogP contribution in [0.2, 0.25) is 0 Å². The summed E-state index contributed by atoms with van der Waals surface area (Å²) in [6, 6.07) is 0.803. The van der Waals surface area contributed by atoms with Crippen molar-refractivity contribution in [1.29, 1.82) is 0 Å². The van der Waals surface area contributed by atoms with E-state index in [1.165, 1.54) is 0 Å². The van der Waals surface area contributed by atoms with Gasteiger partial charge in [-0.3, -0.25) is 9.48 Å². The van der Waals surface area contributed by atoms with E-state index in [9.17, 15) is 18.0 Å². The molecule has 0 bridgehead atoms. The van der Waals surface area contributed by atoms with Gasteiger partial charge >= 0.3 is 6.18 Å². The number of halogens is 3. The van der Waals surface area contributed by atoms with Gasteiger partial charge in [-0.15, -0.1) is 0 Å². The zero-order valence-electron chi connectivity index (χ0n) is 17.4. The van der Waals surface area contributed by atoms with E-state index >= 15 is 0 Å². The summed E-state index contributed by atoms with van der Waals surface area (Å²) in [5.41, 5.74) is 1.39. The lowest BCUT2D eigenvalue weighted by molar-refractivity contribution is -0.173. The van der Waals surface area contributed by atoms with Gasteiger partial charge in [0.1, 0.15) is 11.9 Å². The Hall–Kier alpha value is -2.52. The van der Waals surface area contributed by atoms with Gasteiger partial charge in [-0.2, -0.15) is 23.4 Å². The van der Waals surface area contributed by atoms with E-state index in [1.54, 1.807) is 28.8 Å². The maximum Gasteiger partial charge on any atom is 0.410 e. The average molecular weight is 424 g/mol. The van der Waals surface area contributed by atoms with Crippen LogP contribution < -0.4 is 5.32 Å². The molecule has 0 aliphatic carbocycles. The Morgan fingerprint density at radius 3 is 2.80 bits per heavy atom. The Morgan fingerprint density at radius 1 is 1.40 bits per heavy atom. The highest BCUT2D eigenvalue weighted by atomic mass is 19.4. The summed E-state index contributed by atoms with van der Waals surface area (Å²) in [5.74, 6) is 0.280. The lowest BCUT2D eigenvalue weighted by atomic mass is 10.0. The first-order valence-electron chi connectivity index (χ1n) is 10.4. The summed E-state index contributed by atoms with van der Waals surface area (Å²) >= 11 is 0. The largest absolute Gasteiger partial charge is 0.410 e. The number of aromatic nitrogens is 4. The molecule has 0 unspecified atom stereocenters. The molecule has 2 aliphatic rings. The van der Waals surface area contributed by atoms with Crippen molar-refractivity contribution < 1.29 is 18.0 Å². The van der Waals surface area contributed by atoms with Crippen molar-refractivity contribution in [3.8, 4) is 0 Å². The molecule has 30 heavy (non-hydrogen) atoms. The van der Waals surface area contributed by atoms with Crippen LogP contribution >= 0.6 is 0 Å². The monoisotopic (exact) mass is 424 g/mol. The minimum atomic E-state index is -4.37. The average Bonchev–Trinajstić information content (AvgIpc) is 3.43. The molecule has 4 rings (SSSR count). The van der Waals surface area contributed by atoms with Crippen LogP contribution in [0.1, 0.15) is 69.0 Å². The molecule has 0 spiro atoms. The fourth-order valence-corrected chi connectivity index (χ4v) is 4.57. The van der Waals surface area contributed by atoms with Gasteiger partial charge in [-0.05, 0) is 45.6 Å². The van der Waals surface area contributed by atoms with E-state index in [0.717, 1.165) is 16.8 Å². The highest BCUT2D eigenvalue weighted by Crippen LogP contribution is 2.42. The van der Waals surface area contributed by atoms with Crippen LogP contribution in [0.5, 0.6) is 0 Å². The number of likely N-dealkylation sites (tertiary alicyclic amines) is 1. The first-order chi connectivity index (χ1) is 14.2. The van der Waals surface area contributed by atoms with E-state index in [-0.39, 0.29) is 24.4 Å². The lowest BCUT2D eigenvalue weighted by Gasteiger charge is -2.32. The Balaban J connectivity index is 1.62. The number of alkyl halides is 3. The van der Waals surface area contributed by atoms with Crippen LogP contribution in [-0.2, 0) is 4.79 Å². The molecule has 164 valence electrons. The Kier molecular flexibility index (Phi) is 5.27. The molecule has 0 saturated carbocycles. The highest BCUT2D eigenvalue weighted by molar-refractivity contribution is 5.80. The van der Waals surface area contributed by atoms with E-state index < -0.39 is 18.3 Å². The maximum atomic E-state index is 13.7. The second-order valence-electron chi connectivity index (χ2n) is 8.22. The number of hydrogen-bond donors (Lipinski definition) is 1. The number of amides is 1. The van der Waals surface area contributed by atoms with Crippen molar-refractivity contribution in [3.05, 3.63) is 29.7 Å². The minimum Gasteiger partial charge on any atom is -0.367 e. The molecular formula is C20H27F3N6O. The normalized spacial score (nSPS) is 25.1. The van der Waals surface area contributed by atoms with Gasteiger partial charge < -0.3 is 10.2 Å². The van der Waals surface area contributed by atoms with Gasteiger partial charge in [0.05, 0.1) is 11.7 Å². The van der Waals surface area contributed by atoms with E-state index in [4.69, 9.17) is 0 Å². The van der Waals surface area contributed by atoms with Crippen molar-refractivity contribution in [1.82, 2.24) is 24.5 Å². The van der Waals surface area contributed by atoms with Crippen molar-refractivity contribution in [2.24, 2.45) is 0 Å². The summed E-state index contributed by atoms with van der Waals surface area (Å²) < 4.78 is 43.7. The van der Waals surface area contributed by atoms with Crippen molar-refractivity contribution >= 4 is 11.7 Å². The second-order valence-corrected chi connectivity index (χ2v) is 8.22. The number of aryl methyl sites for hydroxylation is 1. The number of anilines is 1. The zero-order valence-corrected chi connectivity index (χ0v) is 17.4. The van der Waals surface area contributed by atoms with Crippen LogP contribution in [-0.4, -0.2) is 49.1 Å². The number of nitrogens with zero attached hydrogens (tertiary/aromatic N) is 5. The molecule has 10 heteroatoms. The lowest BCUT2D eigenvalue weighted by Crippen LogP contribution is -2.39. The fraction of sp³-hybridized carbons (Fsp3) is 0.650. The third kappa shape index (κ3) is 3.56. The number of hydrogen-bond acceptors (Lipinski definition) is 4. The van der Waals surface area contributed by atoms with Gasteiger partial charge in [-0.1, -0.05) is 6.92 Å². The number of rotatable bonds is 4. The smallest absolute Gasteiger partial charge is 0.367 e. The summed E-state index contributed by atoms with van der Waals surface area (Å²) in [4.78, 5) is 14.9. The van der Waals surface area contributed by atoms with Gasteiger partial charge in [0.2, 0.25) is 5.91 Å². The molecule has 4 atom stereocenters. The van der Waals surface area contributed by atoms with Crippen molar-refractivity contribution in [2.45, 2.75) is 76.8 Å². The molecule has 2 aliphatic heterocycles. The Bertz CT molecular complexity index is 920. The van der Waals surface area contributed by atoms with E-state index in [0.29, 0.717) is 30.9 Å². The summed E-state index contributed by atoms with van der Waals surface area (Å²) in [6.45, 7) is 6.11. The molecule has 4 heterocycles. The van der Waals surface area contributed by atoms with Gasteiger partial charge in [0.25, 0.3) is 0 Å². The molecule has 1 amide bonds. The molecule has 7 nitrogen and oxygen atoms in total. The fourth-order valence-electron chi connectivity index (χ4n) is 4.57. The first kappa shape index (κ1) is 20.7. The molecule has 1 saturated heterocycles. The summed E-state index contributed by atoms with van der Waals surface area (Å²) in [7, 11) is 0. The first-order valence-corrected chi connectivity index (χ1v) is 10.4. The standard InChI is InChI=1S/C20H27F3N6O/c1-4-14-10-17(20(21,22)23)29-18(25-14)11-15(26-29)16-6-5-9-27(16)19(30)13(3)28-12(2)7-8-24-28/h7-8,11,13-14,16-17,25H,4-6,9-10H2,1-3H3/t13-,14-,16+,17-/m1/s1. The zero-order chi connectivity index (χ0) is 21.6. The quantitative estimate of drug-likeness (QED) is 0.805. The summed E-state index contributed by atoms with van der Waals surface area (Å²) in [5, 5.41) is 11.7. The minimum absolute atomic E-state index is 0.0446. The van der Waals surface area contributed by atoms with Gasteiger partial charge in [0.15, 0.2) is 6.04 Å². The van der Waals surface area contributed by atoms with Crippen molar-refractivity contribution in [3.63, 3.8) is 0 Å². The number of carbonyl (C=O) groups excluding carboxylic acids is 1. The van der Waals surface area contributed by atoms with Crippen LogP contribution in [0.15, 0.2) is 18.3 Å². The molecule has 0 aromatic carbocycles. The van der Waals surface area contributed by atoms with Crippen LogP contribution in [0, 0.1) is 6.92 Å². The molecule has 1 fully saturated rings. The number of fused-ring (bicyclic) bond motifs is 1. The molecule has 0 radical (unpaired) electrons. The molecule has 1 N–H and O–H groups in total. The number of carbonyl (C=O) groups is 1. The van der Waals surface area contributed by atoms with E-state index in [2.05, 4.69) is 15.5 Å². The van der Waals surface area contributed by atoms with Crippen molar-refractivity contribution in [2.75, 3.05) is 11.9 Å². The topological polar surface area (TPSA) is 68.0 Å². The Morgan fingerprint density at radius 2 is 2.17 bits per heavy atom. The third-order valence-electron chi connectivity index (χ3n) is 6.25. The molecule has 2 aromatic heterocycles. The SMILES string of the molecule is CC[C@@H]1C[C@H](C(F)(F)F)n2nc([C@@H]3CCCN3C(=O)[C@@H](C)n3nccc3C)cc2N1. The molecular weight excluding hydrogens is 397 g/mol. The van der Waals surface area contributed by atoms with Gasteiger partial charge in [0, 0.05) is 30.5 Å². The summed E-state index contributed by atoms with van der Waals surface area (Å²) in [6.07, 6.45) is -0.696. The van der Waals surface area contributed by atoms with Crippen LogP contribution in [0.25, 0.3) is 0 Å². The van der Waals surface area contributed by atoms with Gasteiger partial charge in [-0.25, -0.2) is 4.68 Å². The maximum absolute atomic E-state index is 13.7. The Labute approximate surface area is 173 Å². The number of nitrogens with one attached hydrogen (secondary N) is 1. The predicted molar refractivity (Wildman–Crippen MR) is 105 cm³/mol. The van der Waals surface area contributed by atoms with Crippen LogP contribution in [0.3, 0.4) is 0 Å². The van der Waals surface area contributed by atoms with Crippen LogP contribution in [0.4, 0.5) is 19.0 Å². The van der Waals surface area contributed by atoms with E-state index in [1.807, 2.05) is 19.9 Å². The molecule has 2 aromatic rings. The predicted octanol–water partition coefficient (Wildman–Crippen LogP) is 4.01. The highest BCUT2D eigenvalue weighted by Gasteiger charge is 2.46. The third-order valence-corrected chi connectivity index (χ3v) is 6.25.